The zero-order valence-electron chi connectivity index (χ0n) is 15.0. The Hall–Kier alpha value is -2.12. The molecule has 0 saturated carbocycles. The second kappa shape index (κ2) is 10.8. The van der Waals surface area contributed by atoms with E-state index in [2.05, 4.69) is 5.32 Å². The third-order valence-corrected chi connectivity index (χ3v) is 4.47. The highest BCUT2D eigenvalue weighted by Crippen LogP contribution is 2.14. The normalized spacial score (nSPS) is 18.3. The number of carboxylic acid groups (broad SMARTS) is 1. The van der Waals surface area contributed by atoms with Gasteiger partial charge >= 0.3 is 12.0 Å². The number of carbonyl (C=O) groups excluding carboxylic acids is 1. The van der Waals surface area contributed by atoms with Crippen molar-refractivity contribution in [2.75, 3.05) is 26.3 Å². The molecule has 26 heavy (non-hydrogen) atoms. The molecule has 1 saturated heterocycles. The van der Waals surface area contributed by atoms with E-state index in [4.69, 9.17) is 14.9 Å². The molecule has 1 heterocycles. The summed E-state index contributed by atoms with van der Waals surface area (Å²) in [5.74, 6) is -0.868. The Labute approximate surface area is 154 Å². The highest BCUT2D eigenvalue weighted by Gasteiger charge is 2.25. The van der Waals surface area contributed by atoms with Crippen molar-refractivity contribution >= 4 is 12.0 Å². The van der Waals surface area contributed by atoms with Crippen molar-refractivity contribution in [1.82, 2.24) is 10.2 Å². The lowest BCUT2D eigenvalue weighted by atomic mass is 10.0. The zero-order chi connectivity index (χ0) is 18.8. The summed E-state index contributed by atoms with van der Waals surface area (Å²) in [7, 11) is 0. The van der Waals surface area contributed by atoms with E-state index in [1.54, 1.807) is 4.90 Å². The van der Waals surface area contributed by atoms with Crippen LogP contribution in [0.3, 0.4) is 0 Å². The smallest absolute Gasteiger partial charge is 0.317 e. The average molecular weight is 364 g/mol. The second-order valence-corrected chi connectivity index (χ2v) is 6.57. The number of likely N-dealkylation sites (tertiary alicyclic amines) is 1. The number of hydrogen-bond donors (Lipinski definition) is 3. The van der Waals surface area contributed by atoms with Crippen molar-refractivity contribution in [2.45, 2.75) is 44.2 Å². The second-order valence-electron chi connectivity index (χ2n) is 6.57. The number of piperidine rings is 1. The lowest BCUT2D eigenvalue weighted by Crippen LogP contribution is -2.51. The molecule has 0 bridgehead atoms. The van der Waals surface area contributed by atoms with Gasteiger partial charge in [-0.05, 0) is 31.2 Å². The summed E-state index contributed by atoms with van der Waals surface area (Å²) in [6, 6.07) is 9.31. The molecular weight excluding hydrogens is 336 g/mol. The predicted molar refractivity (Wildman–Crippen MR) is 97.0 cm³/mol. The minimum Gasteiger partial charge on any atom is -0.481 e. The number of benzene rings is 1. The first-order valence-electron chi connectivity index (χ1n) is 9.12. The van der Waals surface area contributed by atoms with Crippen LogP contribution in [0.2, 0.25) is 0 Å². The monoisotopic (exact) mass is 364 g/mol. The fraction of sp³-hybridized carbons (Fsp3) is 0.579. The van der Waals surface area contributed by atoms with Crippen LogP contribution in [0.5, 0.6) is 0 Å². The summed E-state index contributed by atoms with van der Waals surface area (Å²) in [5.41, 5.74) is 1.06. The fourth-order valence-electron chi connectivity index (χ4n) is 3.17. The molecule has 0 aliphatic carbocycles. The summed E-state index contributed by atoms with van der Waals surface area (Å²) >= 11 is 0. The summed E-state index contributed by atoms with van der Waals surface area (Å²) in [4.78, 5) is 25.3. The van der Waals surface area contributed by atoms with Gasteiger partial charge in [0.1, 0.15) is 0 Å². The Morgan fingerprint density at radius 3 is 2.77 bits per heavy atom. The van der Waals surface area contributed by atoms with Crippen LogP contribution >= 0.6 is 0 Å². The summed E-state index contributed by atoms with van der Waals surface area (Å²) in [6.45, 7) is 1.39. The van der Waals surface area contributed by atoms with Gasteiger partial charge in [0.25, 0.3) is 0 Å². The van der Waals surface area contributed by atoms with Gasteiger partial charge in [-0.1, -0.05) is 30.3 Å². The lowest BCUT2D eigenvalue weighted by Gasteiger charge is -2.33. The van der Waals surface area contributed by atoms with E-state index < -0.39 is 5.97 Å². The van der Waals surface area contributed by atoms with Crippen LogP contribution in [0, 0.1) is 0 Å². The molecule has 7 nitrogen and oxygen atoms in total. The first kappa shape index (κ1) is 20.2. The molecule has 0 radical (unpaired) electrons. The number of aliphatic hydroxyl groups is 1. The molecule has 0 spiro atoms. The van der Waals surface area contributed by atoms with Gasteiger partial charge in [0.15, 0.2) is 0 Å². The maximum atomic E-state index is 12.6. The molecule has 1 aromatic carbocycles. The highest BCUT2D eigenvalue weighted by atomic mass is 16.5. The van der Waals surface area contributed by atoms with Gasteiger partial charge in [0.05, 0.1) is 19.3 Å². The third-order valence-electron chi connectivity index (χ3n) is 4.47. The molecule has 3 N–H and O–H groups in total. The molecule has 1 fully saturated rings. The maximum Gasteiger partial charge on any atom is 0.317 e. The number of aliphatic hydroxyl groups excluding tert-OH is 1. The quantitative estimate of drug-likeness (QED) is 0.619. The molecule has 144 valence electrons. The number of amides is 2. The molecule has 7 heteroatoms. The first-order valence-corrected chi connectivity index (χ1v) is 9.12. The van der Waals surface area contributed by atoms with Gasteiger partial charge in [-0.2, -0.15) is 0 Å². The number of rotatable bonds is 9. The molecule has 0 aromatic heterocycles. The van der Waals surface area contributed by atoms with Crippen molar-refractivity contribution in [3.8, 4) is 0 Å². The number of ether oxygens (including phenoxy) is 1. The van der Waals surface area contributed by atoms with Crippen molar-refractivity contribution in [3.63, 3.8) is 0 Å². The number of urea groups is 1. The van der Waals surface area contributed by atoms with Gasteiger partial charge in [0, 0.05) is 25.6 Å². The van der Waals surface area contributed by atoms with Crippen LogP contribution < -0.4 is 5.32 Å². The van der Waals surface area contributed by atoms with E-state index in [1.165, 1.54) is 0 Å². The molecule has 2 unspecified atom stereocenters. The molecule has 2 rings (SSSR count). The number of nitrogens with zero attached hydrogens (tertiary/aromatic N) is 1. The minimum atomic E-state index is -0.868. The van der Waals surface area contributed by atoms with E-state index in [-0.39, 0.29) is 37.8 Å². The van der Waals surface area contributed by atoms with Gasteiger partial charge in [0.2, 0.25) is 0 Å². The average Bonchev–Trinajstić information content (AvgIpc) is 2.65. The van der Waals surface area contributed by atoms with Gasteiger partial charge in [-0.25, -0.2) is 4.79 Å². The number of aliphatic carboxylic acids is 1. The Morgan fingerprint density at radius 1 is 1.31 bits per heavy atom. The van der Waals surface area contributed by atoms with Crippen LogP contribution in [0.1, 0.15) is 31.2 Å². The number of carboxylic acids is 1. The standard InChI is InChI=1S/C19H28N2O5/c22-11-12-26-17-7-4-10-21(14-17)19(25)20-16(8-9-18(23)24)13-15-5-2-1-3-6-15/h1-3,5-6,16-17,22H,4,7-14H2,(H,20,25)(H,23,24). The Morgan fingerprint density at radius 2 is 2.08 bits per heavy atom. The van der Waals surface area contributed by atoms with Crippen molar-refractivity contribution in [1.29, 1.82) is 0 Å². The SMILES string of the molecule is O=C(O)CCC(Cc1ccccc1)NC(=O)N1CCCC(OCCO)C1. The summed E-state index contributed by atoms with van der Waals surface area (Å²) < 4.78 is 5.54. The third kappa shape index (κ3) is 7.01. The highest BCUT2D eigenvalue weighted by molar-refractivity contribution is 5.75. The van der Waals surface area contributed by atoms with Crippen LogP contribution in [-0.2, 0) is 16.0 Å². The van der Waals surface area contributed by atoms with E-state index in [1.807, 2.05) is 30.3 Å². The topological polar surface area (TPSA) is 99.1 Å². The van der Waals surface area contributed by atoms with E-state index in [9.17, 15) is 9.59 Å². The Bertz CT molecular complexity index is 566. The van der Waals surface area contributed by atoms with E-state index >= 15 is 0 Å². The predicted octanol–water partition coefficient (Wildman–Crippen LogP) is 1.65. The maximum absolute atomic E-state index is 12.6. The van der Waals surface area contributed by atoms with Gasteiger partial charge < -0.3 is 25.2 Å². The van der Waals surface area contributed by atoms with E-state index in [0.717, 1.165) is 18.4 Å². The molecule has 1 aliphatic rings. The fourth-order valence-corrected chi connectivity index (χ4v) is 3.17. The van der Waals surface area contributed by atoms with Crippen molar-refractivity contribution in [2.24, 2.45) is 0 Å². The Balaban J connectivity index is 1.92. The van der Waals surface area contributed by atoms with Crippen molar-refractivity contribution < 1.29 is 24.5 Å². The first-order chi connectivity index (χ1) is 12.6. The number of nitrogens with one attached hydrogen (secondary N) is 1. The number of carbonyl (C=O) groups is 2. The largest absolute Gasteiger partial charge is 0.481 e. The van der Waals surface area contributed by atoms with Crippen LogP contribution in [0.25, 0.3) is 0 Å². The van der Waals surface area contributed by atoms with Gasteiger partial charge in [-0.15, -0.1) is 0 Å². The van der Waals surface area contributed by atoms with Crippen LogP contribution in [0.4, 0.5) is 4.79 Å². The number of hydrogen-bond acceptors (Lipinski definition) is 4. The molecule has 2 atom stereocenters. The molecular formula is C19H28N2O5. The van der Waals surface area contributed by atoms with Gasteiger partial charge in [-0.3, -0.25) is 4.79 Å². The summed E-state index contributed by atoms with van der Waals surface area (Å²) in [5, 5.41) is 20.8. The van der Waals surface area contributed by atoms with E-state index in [0.29, 0.717) is 25.9 Å². The minimum absolute atomic E-state index is 0.0139. The lowest BCUT2D eigenvalue weighted by molar-refractivity contribution is -0.137. The molecule has 1 aromatic rings. The molecule has 1 aliphatic heterocycles. The van der Waals surface area contributed by atoms with Crippen LogP contribution in [-0.4, -0.2) is 65.6 Å². The van der Waals surface area contributed by atoms with Crippen molar-refractivity contribution in [3.05, 3.63) is 35.9 Å². The van der Waals surface area contributed by atoms with Crippen LogP contribution in [0.15, 0.2) is 30.3 Å². The summed E-state index contributed by atoms with van der Waals surface area (Å²) in [6.07, 6.45) is 2.65. The zero-order valence-corrected chi connectivity index (χ0v) is 15.0. The Kier molecular flexibility index (Phi) is 8.37. The molecule has 2 amide bonds.